The summed E-state index contributed by atoms with van der Waals surface area (Å²) < 4.78 is 6.04. The van der Waals surface area contributed by atoms with Gasteiger partial charge in [0, 0.05) is 17.7 Å². The van der Waals surface area contributed by atoms with Gasteiger partial charge in [0.25, 0.3) is 0 Å². The average molecular weight is 631 g/mol. The summed E-state index contributed by atoms with van der Waals surface area (Å²) in [6.07, 6.45) is 0.845. The number of benzene rings is 2. The van der Waals surface area contributed by atoms with Crippen LogP contribution in [0, 0.1) is 16.7 Å². The Kier molecular flexibility index (Phi) is 8.75. The van der Waals surface area contributed by atoms with E-state index in [0.29, 0.717) is 45.9 Å². The maximum absolute atomic E-state index is 13.7. The fraction of sp³-hybridized carbons (Fsp3) is 0.290. The molecule has 0 saturated heterocycles. The van der Waals surface area contributed by atoms with Gasteiger partial charge in [-0.3, -0.25) is 14.5 Å². The monoisotopic (exact) mass is 630 g/mol. The maximum Gasteiger partial charge on any atom is 0.337 e. The summed E-state index contributed by atoms with van der Waals surface area (Å²) in [6.45, 7) is 6.44. The van der Waals surface area contributed by atoms with Crippen LogP contribution < -0.4 is 20.7 Å². The summed E-state index contributed by atoms with van der Waals surface area (Å²) in [5.41, 5.74) is 8.73. The number of amides is 1. The van der Waals surface area contributed by atoms with Crippen molar-refractivity contribution in [1.29, 1.82) is 5.26 Å². The van der Waals surface area contributed by atoms with Gasteiger partial charge in [-0.25, -0.2) is 4.79 Å². The van der Waals surface area contributed by atoms with E-state index in [2.05, 4.69) is 21.6 Å². The summed E-state index contributed by atoms with van der Waals surface area (Å²) in [5, 5.41) is 31.2. The van der Waals surface area contributed by atoms with Crippen LogP contribution in [0.25, 0.3) is 0 Å². The lowest BCUT2D eigenvalue weighted by Crippen LogP contribution is -2.42. The van der Waals surface area contributed by atoms with Gasteiger partial charge >= 0.3 is 5.97 Å². The molecule has 2 aromatic carbocycles. The van der Waals surface area contributed by atoms with Crippen LogP contribution in [0.5, 0.6) is 5.75 Å². The van der Waals surface area contributed by atoms with Crippen LogP contribution in [-0.2, 0) is 9.59 Å². The molecule has 5 rings (SSSR count). The number of ether oxygens (including phenoxy) is 1. The number of nitrogens with one attached hydrogen (secondary N) is 1. The molecule has 1 aromatic heterocycles. The Balaban J connectivity index is 1.44. The number of carboxylic acids is 1. The Morgan fingerprint density at radius 3 is 2.61 bits per heavy atom. The first-order valence-electron chi connectivity index (χ1n) is 13.8. The number of carboxylic acid groups (broad SMARTS) is 1. The van der Waals surface area contributed by atoms with Crippen molar-refractivity contribution < 1.29 is 24.2 Å². The normalized spacial score (nSPS) is 17.6. The third-order valence-electron chi connectivity index (χ3n) is 7.25. The molecule has 1 atom stereocenters. The molecule has 0 radical (unpaired) electrons. The highest BCUT2D eigenvalue weighted by Gasteiger charge is 2.45. The molecule has 0 saturated carbocycles. The lowest BCUT2D eigenvalue weighted by molar-refractivity contribution is -0.118. The van der Waals surface area contributed by atoms with Crippen molar-refractivity contribution in [2.45, 2.75) is 43.9 Å². The second-order valence-electron chi connectivity index (χ2n) is 11.0. The molecule has 0 spiro atoms. The maximum atomic E-state index is 13.7. The van der Waals surface area contributed by atoms with Gasteiger partial charge < -0.3 is 20.9 Å². The Labute approximate surface area is 262 Å². The van der Waals surface area contributed by atoms with Gasteiger partial charge in [0.2, 0.25) is 11.0 Å². The number of rotatable bonds is 9. The highest BCUT2D eigenvalue weighted by molar-refractivity contribution is 8.01. The number of hydrogen-bond donors (Lipinski definition) is 3. The summed E-state index contributed by atoms with van der Waals surface area (Å²) in [4.78, 5) is 39.5. The zero-order chi connectivity index (χ0) is 31.6. The van der Waals surface area contributed by atoms with Gasteiger partial charge in [-0.1, -0.05) is 61.2 Å². The molecule has 1 aliphatic heterocycles. The van der Waals surface area contributed by atoms with Crippen molar-refractivity contribution in [3.05, 3.63) is 82.3 Å². The molecule has 2 heterocycles. The van der Waals surface area contributed by atoms with Crippen LogP contribution in [0.1, 0.15) is 55.5 Å². The number of Topliss-reactive ketones (excluding diaryl/α,β-unsaturated/α-hetero) is 1. The Hall–Kier alpha value is -4.67. The molecule has 11 nitrogen and oxygen atoms in total. The minimum absolute atomic E-state index is 0.0118. The second-order valence-corrected chi connectivity index (χ2v) is 13.2. The molecule has 13 heteroatoms. The number of nitriles is 1. The zero-order valence-electron chi connectivity index (χ0n) is 24.3. The minimum Gasteiger partial charge on any atom is -0.494 e. The summed E-state index contributed by atoms with van der Waals surface area (Å²) >= 11 is 2.31. The number of aromatic nitrogens is 2. The molecule has 3 aromatic rings. The van der Waals surface area contributed by atoms with Gasteiger partial charge in [-0.2, -0.15) is 5.26 Å². The van der Waals surface area contributed by atoms with Gasteiger partial charge in [0.1, 0.15) is 11.6 Å². The molecule has 2 aliphatic rings. The number of aromatic carboxylic acids is 1. The molecular formula is C31H30N6O5S2. The van der Waals surface area contributed by atoms with Crippen molar-refractivity contribution in [2.24, 2.45) is 11.1 Å². The van der Waals surface area contributed by atoms with E-state index in [-0.39, 0.29) is 39.6 Å². The van der Waals surface area contributed by atoms with E-state index in [0.717, 1.165) is 17.3 Å². The van der Waals surface area contributed by atoms with E-state index in [1.54, 1.807) is 17.0 Å². The van der Waals surface area contributed by atoms with E-state index in [4.69, 9.17) is 10.5 Å². The number of thioether (sulfide) groups is 1. The van der Waals surface area contributed by atoms with E-state index >= 15 is 0 Å². The van der Waals surface area contributed by atoms with Crippen molar-refractivity contribution in [1.82, 2.24) is 10.2 Å². The molecule has 1 unspecified atom stereocenters. The fourth-order valence-corrected chi connectivity index (χ4v) is 7.11. The predicted molar refractivity (Wildman–Crippen MR) is 167 cm³/mol. The number of hydrogen-bond acceptors (Lipinski definition) is 11. The van der Waals surface area contributed by atoms with Gasteiger partial charge in [-0.15, -0.1) is 10.2 Å². The first-order valence-corrected chi connectivity index (χ1v) is 15.6. The summed E-state index contributed by atoms with van der Waals surface area (Å²) in [7, 11) is 0. The standard InChI is InChI=1S/C31H30N6O5S2/c1-4-42-18-11-9-17(10-12-18)25-20(15-32)27(33)37(22-13-31(2,3)14-23(38)26(22)25)29-35-36-30(44-29)43-16-24(39)34-21-8-6-5-7-19(21)28(40)41/h5-12,25H,4,13-14,16,33H2,1-3H3,(H,34,39)(H,40,41). The first-order chi connectivity index (χ1) is 21.0. The number of carbonyl (C=O) groups is 3. The number of nitrogens with two attached hydrogens (primary N) is 1. The number of para-hydroxylation sites is 1. The van der Waals surface area contributed by atoms with Crippen molar-refractivity contribution in [3.8, 4) is 11.8 Å². The Morgan fingerprint density at radius 1 is 1.20 bits per heavy atom. The second kappa shape index (κ2) is 12.5. The lowest BCUT2D eigenvalue weighted by atomic mass is 9.68. The van der Waals surface area contributed by atoms with Crippen LogP contribution in [0.15, 0.2) is 75.5 Å². The predicted octanol–water partition coefficient (Wildman–Crippen LogP) is 5.31. The number of nitrogens with zero attached hydrogens (tertiary/aromatic N) is 4. The fourth-order valence-electron chi connectivity index (χ4n) is 5.43. The molecule has 44 heavy (non-hydrogen) atoms. The molecule has 226 valence electrons. The highest BCUT2D eigenvalue weighted by atomic mass is 32.2. The smallest absolute Gasteiger partial charge is 0.337 e. The third kappa shape index (κ3) is 6.17. The molecular weight excluding hydrogens is 601 g/mol. The highest BCUT2D eigenvalue weighted by Crippen LogP contribution is 2.50. The third-order valence-corrected chi connectivity index (χ3v) is 9.29. The van der Waals surface area contributed by atoms with Crippen LogP contribution in [0.3, 0.4) is 0 Å². The SMILES string of the molecule is CCOc1ccc(C2C(C#N)=C(N)N(c3nnc(SCC(=O)Nc4ccccc4C(=O)O)s3)C3=C2C(=O)CC(C)(C)C3)cc1. The Morgan fingerprint density at radius 2 is 1.93 bits per heavy atom. The van der Waals surface area contributed by atoms with Crippen molar-refractivity contribution in [3.63, 3.8) is 0 Å². The summed E-state index contributed by atoms with van der Waals surface area (Å²) in [5.74, 6) is -1.43. The van der Waals surface area contributed by atoms with Crippen molar-refractivity contribution >= 4 is 51.6 Å². The molecule has 1 amide bonds. The van der Waals surface area contributed by atoms with Crippen LogP contribution in [0.2, 0.25) is 0 Å². The molecule has 0 bridgehead atoms. The van der Waals surface area contributed by atoms with E-state index in [9.17, 15) is 24.8 Å². The van der Waals surface area contributed by atoms with E-state index in [1.807, 2.05) is 45.0 Å². The lowest BCUT2D eigenvalue weighted by Gasteiger charge is -2.42. The number of ketones is 1. The zero-order valence-corrected chi connectivity index (χ0v) is 25.9. The average Bonchev–Trinajstić information content (AvgIpc) is 3.44. The topological polar surface area (TPSA) is 172 Å². The van der Waals surface area contributed by atoms with E-state index in [1.165, 1.54) is 23.5 Å². The Bertz CT molecular complexity index is 1740. The largest absolute Gasteiger partial charge is 0.494 e. The van der Waals surface area contributed by atoms with Gasteiger partial charge in [0.05, 0.1) is 41.2 Å². The van der Waals surface area contributed by atoms with Gasteiger partial charge in [0.15, 0.2) is 10.1 Å². The number of allylic oxidation sites excluding steroid dienone is 3. The van der Waals surface area contributed by atoms with E-state index < -0.39 is 17.8 Å². The molecule has 1 aliphatic carbocycles. The van der Waals surface area contributed by atoms with Crippen LogP contribution in [-0.4, -0.2) is 45.3 Å². The number of carbonyl (C=O) groups excluding carboxylic acids is 2. The minimum atomic E-state index is -1.14. The van der Waals surface area contributed by atoms with Crippen molar-refractivity contribution in [2.75, 3.05) is 22.6 Å². The van der Waals surface area contributed by atoms with Crippen LogP contribution >= 0.6 is 23.1 Å². The quantitative estimate of drug-likeness (QED) is 0.262. The number of anilines is 2. The molecule has 0 fully saturated rings. The molecule has 4 N–H and O–H groups in total. The van der Waals surface area contributed by atoms with Crippen LogP contribution in [0.4, 0.5) is 10.8 Å². The summed E-state index contributed by atoms with van der Waals surface area (Å²) in [6, 6.07) is 15.7. The first kappa shape index (κ1) is 30.8. The van der Waals surface area contributed by atoms with Gasteiger partial charge in [-0.05, 0) is 48.6 Å².